The monoisotopic (exact) mass is 443 g/mol. The highest BCUT2D eigenvalue weighted by atomic mass is 19.1. The Morgan fingerprint density at radius 1 is 1.03 bits per heavy atom. The number of aromatic nitrogens is 7. The fourth-order valence-corrected chi connectivity index (χ4v) is 3.95. The minimum absolute atomic E-state index is 0.321. The van der Waals surface area contributed by atoms with Crippen molar-refractivity contribution >= 4 is 11.2 Å². The van der Waals surface area contributed by atoms with Gasteiger partial charge in [-0.15, -0.1) is 10.2 Å². The van der Waals surface area contributed by atoms with E-state index in [-0.39, 0.29) is 5.82 Å². The Labute approximate surface area is 189 Å². The third kappa shape index (κ3) is 3.76. The smallest absolute Gasteiger partial charge is 0.183 e. The van der Waals surface area contributed by atoms with Crippen LogP contribution in [0.1, 0.15) is 18.2 Å². The fraction of sp³-hybridized carbons (Fsp3) is 0.208. The second-order valence-corrected chi connectivity index (χ2v) is 7.73. The molecule has 0 aliphatic rings. The lowest BCUT2D eigenvalue weighted by atomic mass is 9.95. The lowest BCUT2D eigenvalue weighted by Gasteiger charge is -2.14. The number of rotatable bonds is 6. The molecule has 0 saturated carbocycles. The van der Waals surface area contributed by atoms with Gasteiger partial charge in [0, 0.05) is 24.8 Å². The lowest BCUT2D eigenvalue weighted by molar-refractivity contribution is 0.185. The number of imidazole rings is 1. The summed E-state index contributed by atoms with van der Waals surface area (Å²) in [5, 5.41) is 16.5. The topological polar surface area (TPSA) is 83.5 Å². The molecule has 2 aromatic carbocycles. The van der Waals surface area contributed by atoms with Crippen molar-refractivity contribution in [2.24, 2.45) is 0 Å². The zero-order valence-electron chi connectivity index (χ0n) is 18.5. The largest absolute Gasteiger partial charge is 0.380 e. The molecule has 0 fully saturated rings. The maximum absolute atomic E-state index is 15.1. The Morgan fingerprint density at radius 3 is 2.67 bits per heavy atom. The van der Waals surface area contributed by atoms with Crippen LogP contribution in [-0.4, -0.2) is 41.9 Å². The Bertz CT molecular complexity index is 1460. The first-order chi connectivity index (χ1) is 16.1. The first kappa shape index (κ1) is 20.9. The van der Waals surface area contributed by atoms with E-state index in [1.807, 2.05) is 48.9 Å². The van der Waals surface area contributed by atoms with Crippen molar-refractivity contribution in [1.82, 2.24) is 34.7 Å². The minimum atomic E-state index is -0.321. The zero-order valence-corrected chi connectivity index (χ0v) is 18.5. The summed E-state index contributed by atoms with van der Waals surface area (Å²) in [5.74, 6) is -0.321. The van der Waals surface area contributed by atoms with Crippen molar-refractivity contribution < 1.29 is 9.13 Å². The van der Waals surface area contributed by atoms with Crippen LogP contribution in [0.5, 0.6) is 0 Å². The predicted molar refractivity (Wildman–Crippen MR) is 122 cm³/mol. The molecule has 0 aliphatic carbocycles. The van der Waals surface area contributed by atoms with Crippen molar-refractivity contribution in [2.45, 2.75) is 27.0 Å². The van der Waals surface area contributed by atoms with Gasteiger partial charge in [-0.1, -0.05) is 17.3 Å². The number of halogens is 1. The van der Waals surface area contributed by atoms with E-state index in [9.17, 15) is 0 Å². The Morgan fingerprint density at radius 2 is 1.91 bits per heavy atom. The van der Waals surface area contributed by atoms with E-state index in [2.05, 4.69) is 25.5 Å². The summed E-state index contributed by atoms with van der Waals surface area (Å²) in [6.07, 6.45) is 5.25. The van der Waals surface area contributed by atoms with Gasteiger partial charge < -0.3 is 9.30 Å². The van der Waals surface area contributed by atoms with E-state index in [1.165, 1.54) is 6.07 Å². The number of benzene rings is 2. The summed E-state index contributed by atoms with van der Waals surface area (Å²) < 4.78 is 24.1. The molecule has 0 amide bonds. The second-order valence-electron chi connectivity index (χ2n) is 7.73. The van der Waals surface area contributed by atoms with Gasteiger partial charge in [0.2, 0.25) is 0 Å². The van der Waals surface area contributed by atoms with Gasteiger partial charge >= 0.3 is 0 Å². The van der Waals surface area contributed by atoms with Crippen molar-refractivity contribution in [3.8, 4) is 27.9 Å². The molecule has 5 aromatic rings. The average molecular weight is 443 g/mol. The Hall–Kier alpha value is -3.98. The molecule has 0 saturated heterocycles. The highest BCUT2D eigenvalue weighted by Gasteiger charge is 2.16. The Kier molecular flexibility index (Phi) is 5.39. The molecule has 0 N–H and O–H groups in total. The number of hydrogen-bond donors (Lipinski definition) is 0. The second kappa shape index (κ2) is 8.51. The van der Waals surface area contributed by atoms with Gasteiger partial charge in [0.1, 0.15) is 11.3 Å². The first-order valence-electron chi connectivity index (χ1n) is 10.6. The quantitative estimate of drug-likeness (QED) is 0.388. The third-order valence-electron chi connectivity index (χ3n) is 5.57. The highest BCUT2D eigenvalue weighted by molar-refractivity contribution is 5.90. The summed E-state index contributed by atoms with van der Waals surface area (Å²) in [5.41, 5.74) is 6.75. The molecule has 8 nitrogen and oxygen atoms in total. The molecule has 0 bridgehead atoms. The maximum Gasteiger partial charge on any atom is 0.183 e. The van der Waals surface area contributed by atoms with Gasteiger partial charge in [-0.3, -0.25) is 0 Å². The summed E-state index contributed by atoms with van der Waals surface area (Å²) >= 11 is 0. The molecule has 0 aliphatic heterocycles. The van der Waals surface area contributed by atoms with E-state index < -0.39 is 0 Å². The molecule has 0 spiro atoms. The van der Waals surface area contributed by atoms with E-state index in [1.54, 1.807) is 30.4 Å². The van der Waals surface area contributed by atoms with E-state index >= 15 is 4.39 Å². The molecule has 0 unspecified atom stereocenters. The number of fused-ring (bicyclic) bond motifs is 1. The van der Waals surface area contributed by atoms with Crippen LogP contribution >= 0.6 is 0 Å². The van der Waals surface area contributed by atoms with Crippen molar-refractivity contribution in [3.63, 3.8) is 0 Å². The van der Waals surface area contributed by atoms with Crippen LogP contribution in [0.3, 0.4) is 0 Å². The van der Waals surface area contributed by atoms with Gasteiger partial charge in [0.05, 0.1) is 36.7 Å². The summed E-state index contributed by atoms with van der Waals surface area (Å²) in [6, 6.07) is 10.7. The summed E-state index contributed by atoms with van der Waals surface area (Å²) in [7, 11) is 1.62. The highest BCUT2D eigenvalue weighted by Crippen LogP contribution is 2.34. The molecule has 166 valence electrons. The molecule has 5 rings (SSSR count). The van der Waals surface area contributed by atoms with Crippen LogP contribution in [0.2, 0.25) is 0 Å². The standard InChI is InChI=1S/C24H22FN7O/c1-4-31-14-26-23-21(11-27-29-24(23)31)16-5-8-22(25)20(10-16)19-7-6-18(9-17(19)13-33-3)32-12-15(2)28-30-32/h5-12,14H,4,13H2,1-3H3. The van der Waals surface area contributed by atoms with Crippen LogP contribution in [0.25, 0.3) is 39.1 Å². The molecule has 0 atom stereocenters. The first-order valence-corrected chi connectivity index (χ1v) is 10.6. The van der Waals surface area contributed by atoms with Gasteiger partial charge in [0.15, 0.2) is 5.65 Å². The van der Waals surface area contributed by atoms with Gasteiger partial charge in [-0.2, -0.15) is 5.10 Å². The van der Waals surface area contributed by atoms with E-state index in [0.29, 0.717) is 17.8 Å². The van der Waals surface area contributed by atoms with Gasteiger partial charge in [-0.05, 0) is 54.8 Å². The molecule has 3 heterocycles. The minimum Gasteiger partial charge on any atom is -0.380 e. The predicted octanol–water partition coefficient (Wildman–Crippen LogP) is 4.35. The third-order valence-corrected chi connectivity index (χ3v) is 5.57. The molecule has 9 heteroatoms. The molecular formula is C24H22FN7O. The van der Waals surface area contributed by atoms with Crippen LogP contribution in [-0.2, 0) is 17.9 Å². The normalized spacial score (nSPS) is 11.4. The number of aryl methyl sites for hydroxylation is 2. The van der Waals surface area contributed by atoms with E-state index in [4.69, 9.17) is 4.74 Å². The molecule has 3 aromatic heterocycles. The fourth-order valence-electron chi connectivity index (χ4n) is 3.95. The average Bonchev–Trinajstić information content (AvgIpc) is 3.46. The summed E-state index contributed by atoms with van der Waals surface area (Å²) in [6.45, 7) is 4.96. The van der Waals surface area contributed by atoms with Crippen LogP contribution in [0, 0.1) is 12.7 Å². The zero-order chi connectivity index (χ0) is 22.9. The maximum atomic E-state index is 15.1. The number of methoxy groups -OCH3 is 1. The lowest BCUT2D eigenvalue weighted by Crippen LogP contribution is -2.00. The molecule has 0 radical (unpaired) electrons. The molecular weight excluding hydrogens is 421 g/mol. The van der Waals surface area contributed by atoms with Crippen molar-refractivity contribution in [1.29, 1.82) is 0 Å². The molecule has 33 heavy (non-hydrogen) atoms. The van der Waals surface area contributed by atoms with Crippen LogP contribution in [0.4, 0.5) is 4.39 Å². The van der Waals surface area contributed by atoms with Crippen molar-refractivity contribution in [2.75, 3.05) is 7.11 Å². The number of nitrogens with zero attached hydrogens (tertiary/aromatic N) is 7. The van der Waals surface area contributed by atoms with Crippen molar-refractivity contribution in [3.05, 3.63) is 72.2 Å². The number of hydrogen-bond acceptors (Lipinski definition) is 6. The van der Waals surface area contributed by atoms with Crippen LogP contribution < -0.4 is 0 Å². The number of ether oxygens (including phenoxy) is 1. The SMILES string of the molecule is CCn1cnc2c(-c3ccc(F)c(-c4ccc(-n5cc(C)nn5)cc4COC)c3)cnnc21. The van der Waals surface area contributed by atoms with Crippen LogP contribution in [0.15, 0.2) is 55.1 Å². The van der Waals surface area contributed by atoms with Gasteiger partial charge in [-0.25, -0.2) is 14.1 Å². The van der Waals surface area contributed by atoms with E-state index in [0.717, 1.165) is 45.7 Å². The van der Waals surface area contributed by atoms with Gasteiger partial charge in [0.25, 0.3) is 0 Å². The Balaban J connectivity index is 1.64. The summed E-state index contributed by atoms with van der Waals surface area (Å²) in [4.78, 5) is 4.52.